The van der Waals surface area contributed by atoms with Gasteiger partial charge >= 0.3 is 0 Å². The van der Waals surface area contributed by atoms with Crippen LogP contribution in [0, 0.1) is 0 Å². The maximum absolute atomic E-state index is 12.2. The summed E-state index contributed by atoms with van der Waals surface area (Å²) < 4.78 is 12.2. The van der Waals surface area contributed by atoms with Gasteiger partial charge in [-0.05, 0) is 39.2 Å². The molecule has 1 rings (SSSR count). The van der Waals surface area contributed by atoms with Crippen LogP contribution in [0.15, 0.2) is 0 Å². The molecule has 2 unspecified atom stereocenters. The molecule has 1 aliphatic rings. The van der Waals surface area contributed by atoms with Crippen LogP contribution in [0.1, 0.15) is 45.4 Å². The van der Waals surface area contributed by atoms with E-state index in [4.69, 9.17) is 0 Å². The molecule has 1 aliphatic heterocycles. The van der Waals surface area contributed by atoms with Crippen molar-refractivity contribution in [3.05, 3.63) is 0 Å². The second-order valence-corrected chi connectivity index (χ2v) is 4.67. The number of likely N-dealkylation sites (tertiary alicyclic amines) is 1. The number of hydrogen-bond donors (Lipinski definition) is 1. The second-order valence-electron chi connectivity index (χ2n) is 4.67. The van der Waals surface area contributed by atoms with Crippen molar-refractivity contribution in [3.63, 3.8) is 0 Å². The third kappa shape index (κ3) is 4.94. The summed E-state index contributed by atoms with van der Waals surface area (Å²) >= 11 is 0. The fourth-order valence-electron chi connectivity index (χ4n) is 2.45. The largest absolute Gasteiger partial charge is 0.393 e. The summed E-state index contributed by atoms with van der Waals surface area (Å²) in [7, 11) is 0. The molecule has 0 amide bonds. The monoisotopic (exact) mass is 217 g/mol. The Bertz CT molecular complexity index is 164. The minimum absolute atomic E-state index is 0.224. The van der Waals surface area contributed by atoms with Crippen LogP contribution in [0.2, 0.25) is 0 Å². The molecular weight excluding hydrogens is 193 g/mol. The lowest BCUT2D eigenvalue weighted by Crippen LogP contribution is -2.37. The Balaban J connectivity index is 2.43. The Kier molecular flexibility index (Phi) is 6.18. The van der Waals surface area contributed by atoms with E-state index < -0.39 is 0 Å². The topological polar surface area (TPSA) is 23.5 Å². The van der Waals surface area contributed by atoms with Crippen molar-refractivity contribution in [2.75, 3.05) is 19.8 Å². The average Bonchev–Trinajstić information content (AvgIpc) is 2.40. The molecule has 0 saturated carbocycles. The van der Waals surface area contributed by atoms with Crippen LogP contribution >= 0.6 is 0 Å². The molecule has 1 fully saturated rings. The minimum Gasteiger partial charge on any atom is -0.393 e. The summed E-state index contributed by atoms with van der Waals surface area (Å²) in [5.74, 6) is 0. The molecule has 3 heteroatoms. The van der Waals surface area contributed by atoms with E-state index in [-0.39, 0.29) is 12.8 Å². The average molecular weight is 217 g/mol. The van der Waals surface area contributed by atoms with Crippen LogP contribution in [0.3, 0.4) is 0 Å². The third-order valence-corrected chi connectivity index (χ3v) is 3.19. The van der Waals surface area contributed by atoms with Crippen molar-refractivity contribution in [2.24, 2.45) is 0 Å². The first-order valence-electron chi connectivity index (χ1n) is 6.22. The number of aliphatic hydroxyl groups is 1. The maximum atomic E-state index is 12.2. The van der Waals surface area contributed by atoms with Gasteiger partial charge in [-0.15, -0.1) is 0 Å². The zero-order valence-electron chi connectivity index (χ0n) is 9.79. The van der Waals surface area contributed by atoms with Gasteiger partial charge in [-0.1, -0.05) is 12.8 Å². The summed E-state index contributed by atoms with van der Waals surface area (Å²) in [5, 5.41) is 9.44. The number of alkyl halides is 1. The van der Waals surface area contributed by atoms with E-state index in [1.54, 1.807) is 0 Å². The molecule has 1 N–H and O–H groups in total. The lowest BCUT2D eigenvalue weighted by Gasteiger charge is -2.30. The van der Waals surface area contributed by atoms with E-state index in [1.165, 1.54) is 19.3 Å². The SMILES string of the molecule is CC(O)CC1CCCCCN1CCCF. The van der Waals surface area contributed by atoms with Crippen molar-refractivity contribution >= 4 is 0 Å². The van der Waals surface area contributed by atoms with E-state index in [2.05, 4.69) is 4.90 Å². The molecule has 15 heavy (non-hydrogen) atoms. The summed E-state index contributed by atoms with van der Waals surface area (Å²) in [5.41, 5.74) is 0. The van der Waals surface area contributed by atoms with Crippen LogP contribution < -0.4 is 0 Å². The van der Waals surface area contributed by atoms with E-state index in [1.807, 2.05) is 6.92 Å². The Labute approximate surface area is 92.5 Å². The lowest BCUT2D eigenvalue weighted by molar-refractivity contribution is 0.110. The highest BCUT2D eigenvalue weighted by atomic mass is 19.1. The number of aliphatic hydroxyl groups excluding tert-OH is 1. The zero-order valence-corrected chi connectivity index (χ0v) is 9.79. The predicted molar refractivity (Wildman–Crippen MR) is 60.7 cm³/mol. The number of halogens is 1. The van der Waals surface area contributed by atoms with Gasteiger partial charge in [0, 0.05) is 12.6 Å². The first kappa shape index (κ1) is 12.9. The van der Waals surface area contributed by atoms with E-state index in [0.29, 0.717) is 12.5 Å². The molecule has 90 valence electrons. The summed E-state index contributed by atoms with van der Waals surface area (Å²) in [6.07, 6.45) is 6.16. The third-order valence-electron chi connectivity index (χ3n) is 3.19. The van der Waals surface area contributed by atoms with Gasteiger partial charge in [0.15, 0.2) is 0 Å². The molecule has 0 bridgehead atoms. The smallest absolute Gasteiger partial charge is 0.0906 e. The van der Waals surface area contributed by atoms with E-state index >= 15 is 0 Å². The maximum Gasteiger partial charge on any atom is 0.0906 e. The van der Waals surface area contributed by atoms with Gasteiger partial charge in [0.2, 0.25) is 0 Å². The van der Waals surface area contributed by atoms with E-state index in [9.17, 15) is 9.50 Å². The Morgan fingerprint density at radius 3 is 2.87 bits per heavy atom. The Hall–Kier alpha value is -0.150. The molecule has 2 nitrogen and oxygen atoms in total. The first-order chi connectivity index (χ1) is 7.24. The summed E-state index contributed by atoms with van der Waals surface area (Å²) in [6.45, 7) is 3.56. The van der Waals surface area contributed by atoms with Crippen LogP contribution in [-0.2, 0) is 0 Å². The van der Waals surface area contributed by atoms with Gasteiger partial charge < -0.3 is 10.0 Å². The van der Waals surface area contributed by atoms with Gasteiger partial charge in [0.1, 0.15) is 0 Å². The van der Waals surface area contributed by atoms with Crippen LogP contribution in [-0.4, -0.2) is 41.9 Å². The summed E-state index contributed by atoms with van der Waals surface area (Å²) in [4.78, 5) is 2.37. The Morgan fingerprint density at radius 1 is 1.40 bits per heavy atom. The molecule has 0 aromatic carbocycles. The van der Waals surface area contributed by atoms with Crippen molar-refractivity contribution in [1.29, 1.82) is 0 Å². The van der Waals surface area contributed by atoms with Crippen molar-refractivity contribution in [1.82, 2.24) is 4.90 Å². The number of hydrogen-bond acceptors (Lipinski definition) is 2. The van der Waals surface area contributed by atoms with Gasteiger partial charge in [0.05, 0.1) is 12.8 Å². The molecular formula is C12H24FNO. The lowest BCUT2D eigenvalue weighted by atomic mass is 10.0. The van der Waals surface area contributed by atoms with Gasteiger partial charge in [-0.2, -0.15) is 0 Å². The molecule has 2 atom stereocenters. The zero-order chi connectivity index (χ0) is 11.1. The van der Waals surface area contributed by atoms with Crippen molar-refractivity contribution in [3.8, 4) is 0 Å². The second kappa shape index (κ2) is 7.18. The quantitative estimate of drug-likeness (QED) is 0.764. The highest BCUT2D eigenvalue weighted by molar-refractivity contribution is 4.77. The fraction of sp³-hybridized carbons (Fsp3) is 1.00. The van der Waals surface area contributed by atoms with Gasteiger partial charge in [-0.3, -0.25) is 4.39 Å². The molecule has 0 radical (unpaired) electrons. The fourth-order valence-corrected chi connectivity index (χ4v) is 2.45. The predicted octanol–water partition coefficient (Wildman–Crippen LogP) is 2.36. The first-order valence-corrected chi connectivity index (χ1v) is 6.22. The minimum atomic E-state index is -0.235. The number of nitrogens with zero attached hydrogens (tertiary/aromatic N) is 1. The van der Waals surface area contributed by atoms with Crippen LogP contribution in [0.5, 0.6) is 0 Å². The normalized spacial score (nSPS) is 26.2. The Morgan fingerprint density at radius 2 is 2.20 bits per heavy atom. The highest BCUT2D eigenvalue weighted by Crippen LogP contribution is 2.20. The number of rotatable bonds is 5. The molecule has 1 heterocycles. The van der Waals surface area contributed by atoms with E-state index in [0.717, 1.165) is 25.9 Å². The molecule has 0 aliphatic carbocycles. The van der Waals surface area contributed by atoms with Gasteiger partial charge in [-0.25, -0.2) is 0 Å². The molecule has 0 aromatic rings. The van der Waals surface area contributed by atoms with Gasteiger partial charge in [0.25, 0.3) is 0 Å². The molecule has 1 saturated heterocycles. The standard InChI is InChI=1S/C12H24FNO/c1-11(15)10-12-6-3-2-4-8-14(12)9-5-7-13/h11-12,15H,2-10H2,1H3. The highest BCUT2D eigenvalue weighted by Gasteiger charge is 2.21. The van der Waals surface area contributed by atoms with Crippen LogP contribution in [0.4, 0.5) is 4.39 Å². The molecule has 0 spiro atoms. The summed E-state index contributed by atoms with van der Waals surface area (Å²) in [6, 6.07) is 0.471. The van der Waals surface area contributed by atoms with Crippen LogP contribution in [0.25, 0.3) is 0 Å². The van der Waals surface area contributed by atoms with Crippen molar-refractivity contribution in [2.45, 2.75) is 57.6 Å². The molecule has 0 aromatic heterocycles. The van der Waals surface area contributed by atoms with Crippen molar-refractivity contribution < 1.29 is 9.50 Å².